The molecular weight excluding hydrogens is 607 g/mol. The number of hydrogen-bond acceptors (Lipinski definition) is 5. The van der Waals surface area contributed by atoms with Gasteiger partial charge in [-0.3, -0.25) is 9.59 Å². The maximum absolute atomic E-state index is 13.8. The number of amides is 2. The Labute approximate surface area is 242 Å². The molecule has 1 heterocycles. The van der Waals surface area contributed by atoms with Gasteiger partial charge >= 0.3 is 0 Å². The number of carbonyl (C=O) groups excluding carboxylic acids is 2. The van der Waals surface area contributed by atoms with Crippen molar-refractivity contribution in [3.05, 3.63) is 105 Å². The predicted molar refractivity (Wildman–Crippen MR) is 159 cm³/mol. The van der Waals surface area contributed by atoms with Gasteiger partial charge in [0, 0.05) is 34.6 Å². The Balaban J connectivity index is 1.54. The summed E-state index contributed by atoms with van der Waals surface area (Å²) in [5, 5.41) is 21.4. The average Bonchev–Trinajstić information content (AvgIpc) is 3.16. The lowest BCUT2D eigenvalue weighted by atomic mass is 9.83. The quantitative estimate of drug-likeness (QED) is 0.236. The summed E-state index contributed by atoms with van der Waals surface area (Å²) in [5.74, 6) is -0.643. The van der Waals surface area contributed by atoms with Gasteiger partial charge in [0.05, 0.1) is 25.9 Å². The maximum Gasteiger partial charge on any atom is 0.264 e. The van der Waals surface area contributed by atoms with Gasteiger partial charge in [-0.2, -0.15) is 0 Å². The van der Waals surface area contributed by atoms with Crippen LogP contribution in [0.5, 0.6) is 5.75 Å². The van der Waals surface area contributed by atoms with Gasteiger partial charge in [-0.15, -0.1) is 0 Å². The first-order valence-electron chi connectivity index (χ1n) is 12.8. The van der Waals surface area contributed by atoms with Crippen molar-refractivity contribution >= 4 is 40.1 Å². The fraction of sp³-hybridized carbons (Fsp3) is 0.290. The van der Waals surface area contributed by atoms with Crippen LogP contribution in [0, 0.1) is 9.49 Å². The molecule has 2 N–H and O–H groups in total. The van der Waals surface area contributed by atoms with E-state index in [0.717, 1.165) is 14.7 Å². The van der Waals surface area contributed by atoms with Crippen LogP contribution in [-0.4, -0.2) is 47.2 Å². The van der Waals surface area contributed by atoms with Gasteiger partial charge in [-0.1, -0.05) is 61.5 Å². The topological polar surface area (TPSA) is 90.3 Å². The monoisotopic (exact) mass is 640 g/mol. The van der Waals surface area contributed by atoms with Crippen LogP contribution in [0.15, 0.2) is 84.9 Å². The third-order valence-electron chi connectivity index (χ3n) is 7.05. The van der Waals surface area contributed by atoms with E-state index in [1.807, 2.05) is 54.6 Å². The smallest absolute Gasteiger partial charge is 0.264 e. The highest BCUT2D eigenvalue weighted by atomic mass is 127. The third kappa shape index (κ3) is 6.34. The second-order valence-corrected chi connectivity index (χ2v) is 10.9. The molecule has 0 saturated heterocycles. The number of fused-ring (bicyclic) bond motifs is 1. The number of rotatable bonds is 11. The molecular formula is C31H33IN2O5. The molecule has 0 saturated carbocycles. The second kappa shape index (κ2) is 12.8. The first kappa shape index (κ1) is 28.8. The van der Waals surface area contributed by atoms with Crippen LogP contribution in [0.4, 0.5) is 5.69 Å². The fourth-order valence-corrected chi connectivity index (χ4v) is 5.20. The summed E-state index contributed by atoms with van der Waals surface area (Å²) in [6.45, 7) is 2.57. The zero-order chi connectivity index (χ0) is 28.0. The molecule has 0 aliphatic carbocycles. The number of aliphatic hydroxyl groups is 2. The molecule has 39 heavy (non-hydrogen) atoms. The van der Waals surface area contributed by atoms with Crippen LogP contribution >= 0.6 is 22.6 Å². The van der Waals surface area contributed by atoms with Gasteiger partial charge in [0.1, 0.15) is 5.75 Å². The number of ether oxygens (including phenoxy) is 1. The van der Waals surface area contributed by atoms with E-state index in [2.05, 4.69) is 22.6 Å². The Kier molecular flexibility index (Phi) is 9.42. The lowest BCUT2D eigenvalue weighted by molar-refractivity contribution is -0.139. The normalized spacial score (nSPS) is 17.4. The summed E-state index contributed by atoms with van der Waals surface area (Å²) in [4.78, 5) is 29.9. The first-order valence-corrected chi connectivity index (χ1v) is 13.9. The van der Waals surface area contributed by atoms with Gasteiger partial charge in [0.15, 0.2) is 5.60 Å². The molecule has 3 aromatic rings. The minimum Gasteiger partial charge on any atom is -0.497 e. The van der Waals surface area contributed by atoms with Gasteiger partial charge in [0.25, 0.3) is 5.91 Å². The number of aliphatic hydroxyl groups excluding tert-OH is 1. The van der Waals surface area contributed by atoms with Gasteiger partial charge < -0.3 is 24.7 Å². The molecule has 1 aliphatic heterocycles. The lowest BCUT2D eigenvalue weighted by Gasteiger charge is -2.28. The van der Waals surface area contributed by atoms with Gasteiger partial charge in [0.2, 0.25) is 5.91 Å². The molecule has 1 aliphatic rings. The van der Waals surface area contributed by atoms with E-state index >= 15 is 0 Å². The Bertz CT molecular complexity index is 1330. The molecule has 0 spiro atoms. The minimum absolute atomic E-state index is 0.0821. The van der Waals surface area contributed by atoms with E-state index in [4.69, 9.17) is 4.74 Å². The summed E-state index contributed by atoms with van der Waals surface area (Å²) < 4.78 is 6.49. The molecule has 8 heteroatoms. The highest BCUT2D eigenvalue weighted by Crippen LogP contribution is 2.47. The van der Waals surface area contributed by atoms with Crippen molar-refractivity contribution in [2.45, 2.75) is 32.0 Å². The van der Waals surface area contributed by atoms with Crippen molar-refractivity contribution in [3.8, 4) is 5.75 Å². The molecule has 0 aromatic heterocycles. The van der Waals surface area contributed by atoms with Crippen LogP contribution < -0.4 is 9.64 Å². The molecule has 3 aromatic carbocycles. The lowest BCUT2D eigenvalue weighted by Crippen LogP contribution is -2.44. The van der Waals surface area contributed by atoms with Crippen LogP contribution in [-0.2, 0) is 28.3 Å². The van der Waals surface area contributed by atoms with Gasteiger partial charge in [-0.05, 0) is 64.0 Å². The Morgan fingerprint density at radius 1 is 1.10 bits per heavy atom. The third-order valence-corrected chi connectivity index (χ3v) is 7.76. The van der Waals surface area contributed by atoms with Crippen molar-refractivity contribution in [2.75, 3.05) is 25.2 Å². The highest BCUT2D eigenvalue weighted by Gasteiger charge is 2.52. The summed E-state index contributed by atoms with van der Waals surface area (Å²) in [5.41, 5.74) is 1.22. The Hall–Kier alpha value is -3.21. The number of benzene rings is 3. The highest BCUT2D eigenvalue weighted by molar-refractivity contribution is 14.1. The first-order chi connectivity index (χ1) is 18.8. The number of carbonyl (C=O) groups is 2. The average molecular weight is 641 g/mol. The molecule has 2 amide bonds. The largest absolute Gasteiger partial charge is 0.497 e. The van der Waals surface area contributed by atoms with Crippen LogP contribution in [0.2, 0.25) is 0 Å². The summed E-state index contributed by atoms with van der Waals surface area (Å²) in [6.07, 6.45) is 3.49. The number of methoxy groups -OCH3 is 1. The number of nitrogens with zero attached hydrogens (tertiary/aromatic N) is 2. The fourth-order valence-electron chi connectivity index (χ4n) is 4.84. The minimum atomic E-state index is -1.82. The number of hydrogen-bond donors (Lipinski definition) is 2. The molecule has 0 fully saturated rings. The van der Waals surface area contributed by atoms with E-state index in [1.54, 1.807) is 54.2 Å². The molecule has 0 bridgehead atoms. The molecule has 2 atom stereocenters. The van der Waals surface area contributed by atoms with Crippen molar-refractivity contribution in [3.63, 3.8) is 0 Å². The van der Waals surface area contributed by atoms with E-state index in [-0.39, 0.29) is 25.5 Å². The molecule has 0 radical (unpaired) electrons. The van der Waals surface area contributed by atoms with E-state index in [0.29, 0.717) is 30.1 Å². The Morgan fingerprint density at radius 2 is 1.82 bits per heavy atom. The van der Waals surface area contributed by atoms with Crippen molar-refractivity contribution in [1.29, 1.82) is 0 Å². The van der Waals surface area contributed by atoms with Crippen molar-refractivity contribution in [2.24, 2.45) is 5.92 Å². The maximum atomic E-state index is 13.8. The molecule has 4 rings (SSSR count). The summed E-state index contributed by atoms with van der Waals surface area (Å²) in [7, 11) is 1.55. The Morgan fingerprint density at radius 3 is 2.49 bits per heavy atom. The number of anilines is 1. The predicted octanol–water partition coefficient (Wildman–Crippen LogP) is 4.64. The van der Waals surface area contributed by atoms with E-state index in [1.165, 1.54) is 0 Å². The second-order valence-electron chi connectivity index (χ2n) is 9.61. The molecule has 0 unspecified atom stereocenters. The summed E-state index contributed by atoms with van der Waals surface area (Å²) >= 11 is 2.24. The van der Waals surface area contributed by atoms with E-state index < -0.39 is 17.4 Å². The standard InChI is InChI=1S/C31H33IN2O5/c1-22(7-6-10-29(36)33(17-18-35)20-23-8-4-3-5-9-23)31(38)27-19-26(39-2)15-16-28(27)34(30(31)37)21-24-11-13-25(32)14-12-24/h3-9,11-16,19,22,35,38H,10,17-18,20-21H2,1-2H3/b7-6+/t22-,31+/m1/s1. The number of halogens is 1. The van der Waals surface area contributed by atoms with Crippen LogP contribution in [0.25, 0.3) is 0 Å². The zero-order valence-electron chi connectivity index (χ0n) is 22.1. The van der Waals surface area contributed by atoms with Crippen LogP contribution in [0.1, 0.15) is 30.0 Å². The van der Waals surface area contributed by atoms with Crippen molar-refractivity contribution < 1.29 is 24.5 Å². The molecule has 204 valence electrons. The van der Waals surface area contributed by atoms with Gasteiger partial charge in [-0.25, -0.2) is 0 Å². The summed E-state index contributed by atoms with van der Waals surface area (Å²) in [6, 6.07) is 22.8. The molecule has 7 nitrogen and oxygen atoms in total. The van der Waals surface area contributed by atoms with Crippen LogP contribution in [0.3, 0.4) is 0 Å². The van der Waals surface area contributed by atoms with E-state index in [9.17, 15) is 19.8 Å². The van der Waals surface area contributed by atoms with Crippen molar-refractivity contribution in [1.82, 2.24) is 4.90 Å². The zero-order valence-corrected chi connectivity index (χ0v) is 24.2. The SMILES string of the molecule is COc1ccc2c(c1)[C@@](O)([C@H](C)/C=C/CC(=O)N(CCO)Cc1ccccc1)C(=O)N2Cc1ccc(I)cc1.